The summed E-state index contributed by atoms with van der Waals surface area (Å²) >= 11 is 0. The largest absolute Gasteiger partial charge is 0.504 e. The molecule has 4 rings (SSSR count). The highest BCUT2D eigenvalue weighted by molar-refractivity contribution is 6.08. The maximum atomic E-state index is 12.5. The fourth-order valence-corrected chi connectivity index (χ4v) is 3.73. The molecular formula is C21H22N4O5. The third-order valence-corrected chi connectivity index (χ3v) is 5.15. The molecule has 0 saturated carbocycles. The second-order valence-corrected chi connectivity index (χ2v) is 7.04. The van der Waals surface area contributed by atoms with Crippen LogP contribution in [0.25, 0.3) is 0 Å². The van der Waals surface area contributed by atoms with Crippen LogP contribution in [-0.2, 0) is 9.59 Å². The van der Waals surface area contributed by atoms with Crippen molar-refractivity contribution in [3.05, 3.63) is 60.3 Å². The standard InChI is InChI=1S/C21H22N4O5/c1-2-30-16-11-12(6-9-15(16)26)19(27)14-8-7-13-18(21(29)23-20(13)28)25(14)24-17-5-3-4-10-22-17/h3-11,13-14,18-19,26-27H,2H2,1H3,(H,22,24)(H,23,28,29). The Morgan fingerprint density at radius 3 is 2.80 bits per heavy atom. The zero-order chi connectivity index (χ0) is 21.3. The molecule has 0 aliphatic carbocycles. The molecule has 4 atom stereocenters. The fourth-order valence-electron chi connectivity index (χ4n) is 3.73. The molecular weight excluding hydrogens is 388 g/mol. The van der Waals surface area contributed by atoms with E-state index in [2.05, 4.69) is 15.7 Å². The number of ether oxygens (including phenoxy) is 1. The molecule has 4 N–H and O–H groups in total. The van der Waals surface area contributed by atoms with Crippen LogP contribution < -0.4 is 15.5 Å². The fraction of sp³-hybridized carbons (Fsp3) is 0.286. The highest BCUT2D eigenvalue weighted by atomic mass is 16.5. The number of benzene rings is 1. The Kier molecular flexibility index (Phi) is 5.39. The Labute approximate surface area is 173 Å². The first-order valence-electron chi connectivity index (χ1n) is 9.62. The van der Waals surface area contributed by atoms with Gasteiger partial charge in [0.05, 0.1) is 18.6 Å². The van der Waals surface area contributed by atoms with Gasteiger partial charge in [0.15, 0.2) is 11.5 Å². The van der Waals surface area contributed by atoms with E-state index in [1.54, 1.807) is 60.6 Å². The summed E-state index contributed by atoms with van der Waals surface area (Å²) in [6.07, 6.45) is 3.84. The van der Waals surface area contributed by atoms with Gasteiger partial charge in [-0.25, -0.2) is 4.98 Å². The van der Waals surface area contributed by atoms with Gasteiger partial charge in [0, 0.05) is 6.20 Å². The van der Waals surface area contributed by atoms with Gasteiger partial charge < -0.3 is 20.4 Å². The zero-order valence-corrected chi connectivity index (χ0v) is 16.2. The van der Waals surface area contributed by atoms with E-state index in [0.717, 1.165) is 0 Å². The maximum Gasteiger partial charge on any atom is 0.246 e. The Balaban J connectivity index is 1.70. The van der Waals surface area contributed by atoms with Gasteiger partial charge in [-0.3, -0.25) is 14.9 Å². The number of rotatable bonds is 6. The monoisotopic (exact) mass is 410 g/mol. The molecule has 1 saturated heterocycles. The van der Waals surface area contributed by atoms with Gasteiger partial charge in [0.25, 0.3) is 0 Å². The molecule has 2 aliphatic rings. The summed E-state index contributed by atoms with van der Waals surface area (Å²) in [6, 6.07) is 8.32. The Hall–Kier alpha value is -3.43. The predicted molar refractivity (Wildman–Crippen MR) is 107 cm³/mol. The SMILES string of the molecule is CCOc1cc(C(O)C2C=CC3C(=O)NC(=O)C3N2Nc2ccccn2)ccc1O. The van der Waals surface area contributed by atoms with Crippen LogP contribution in [0.3, 0.4) is 0 Å². The molecule has 3 heterocycles. The van der Waals surface area contributed by atoms with Gasteiger partial charge in [0.1, 0.15) is 18.0 Å². The van der Waals surface area contributed by atoms with Gasteiger partial charge in [-0.1, -0.05) is 24.3 Å². The van der Waals surface area contributed by atoms with Crippen molar-refractivity contribution in [2.24, 2.45) is 5.92 Å². The molecule has 0 radical (unpaired) electrons. The first-order valence-corrected chi connectivity index (χ1v) is 9.62. The normalized spacial score (nSPS) is 24.3. The van der Waals surface area contributed by atoms with E-state index in [1.165, 1.54) is 6.07 Å². The van der Waals surface area contributed by atoms with Crippen molar-refractivity contribution in [1.29, 1.82) is 0 Å². The number of pyridine rings is 1. The van der Waals surface area contributed by atoms with Gasteiger partial charge in [-0.2, -0.15) is 5.01 Å². The Morgan fingerprint density at radius 1 is 1.23 bits per heavy atom. The number of imide groups is 1. The number of anilines is 1. The number of carbonyl (C=O) groups excluding carboxylic acids is 2. The summed E-state index contributed by atoms with van der Waals surface area (Å²) in [6.45, 7) is 2.15. The lowest BCUT2D eigenvalue weighted by molar-refractivity contribution is -0.126. The number of aromatic nitrogens is 1. The quantitative estimate of drug-likeness (QED) is 0.413. The summed E-state index contributed by atoms with van der Waals surface area (Å²) < 4.78 is 5.41. The molecule has 156 valence electrons. The molecule has 1 aromatic carbocycles. The lowest BCUT2D eigenvalue weighted by atomic mass is 9.90. The molecule has 0 bridgehead atoms. The van der Waals surface area contributed by atoms with Crippen LogP contribution in [0.5, 0.6) is 11.5 Å². The minimum Gasteiger partial charge on any atom is -0.504 e. The highest BCUT2D eigenvalue weighted by Crippen LogP contribution is 2.36. The van der Waals surface area contributed by atoms with E-state index in [1.807, 2.05) is 0 Å². The number of fused-ring (bicyclic) bond motifs is 1. The van der Waals surface area contributed by atoms with E-state index in [-0.39, 0.29) is 17.4 Å². The second-order valence-electron chi connectivity index (χ2n) is 7.04. The maximum absolute atomic E-state index is 12.5. The van der Waals surface area contributed by atoms with Gasteiger partial charge >= 0.3 is 0 Å². The summed E-state index contributed by atoms with van der Waals surface area (Å²) in [5, 5.41) is 25.0. The van der Waals surface area contributed by atoms with Crippen molar-refractivity contribution in [2.75, 3.05) is 12.0 Å². The molecule has 9 heteroatoms. The summed E-state index contributed by atoms with van der Waals surface area (Å²) in [7, 11) is 0. The minimum atomic E-state index is -1.08. The van der Waals surface area contributed by atoms with Crippen LogP contribution in [-0.4, -0.2) is 50.7 Å². The van der Waals surface area contributed by atoms with Gasteiger partial charge in [0.2, 0.25) is 11.8 Å². The number of hydrazine groups is 1. The molecule has 4 unspecified atom stereocenters. The van der Waals surface area contributed by atoms with Gasteiger partial charge in [-0.15, -0.1) is 0 Å². The topological polar surface area (TPSA) is 124 Å². The van der Waals surface area contributed by atoms with Crippen LogP contribution in [0, 0.1) is 5.92 Å². The summed E-state index contributed by atoms with van der Waals surface area (Å²) in [5.74, 6) is -0.811. The van der Waals surface area contributed by atoms with Crippen molar-refractivity contribution in [1.82, 2.24) is 15.3 Å². The summed E-state index contributed by atoms with van der Waals surface area (Å²) in [5.41, 5.74) is 3.56. The van der Waals surface area contributed by atoms with Crippen LogP contribution >= 0.6 is 0 Å². The van der Waals surface area contributed by atoms with E-state index >= 15 is 0 Å². The second kappa shape index (κ2) is 8.13. The Bertz CT molecular complexity index is 981. The van der Waals surface area contributed by atoms with E-state index < -0.39 is 30.0 Å². The third kappa shape index (κ3) is 3.60. The van der Waals surface area contributed by atoms with Crippen LogP contribution in [0.4, 0.5) is 5.82 Å². The number of carbonyl (C=O) groups is 2. The number of hydrogen-bond acceptors (Lipinski definition) is 8. The third-order valence-electron chi connectivity index (χ3n) is 5.15. The van der Waals surface area contributed by atoms with E-state index in [4.69, 9.17) is 4.74 Å². The smallest absolute Gasteiger partial charge is 0.246 e. The lowest BCUT2D eigenvalue weighted by Crippen LogP contribution is -2.55. The van der Waals surface area contributed by atoms with E-state index in [0.29, 0.717) is 18.0 Å². The minimum absolute atomic E-state index is 0.0312. The van der Waals surface area contributed by atoms with Crippen molar-refractivity contribution in [2.45, 2.75) is 25.1 Å². The number of hydrogen-bond donors (Lipinski definition) is 4. The van der Waals surface area contributed by atoms with E-state index in [9.17, 15) is 19.8 Å². The number of nitrogens with zero attached hydrogens (tertiary/aromatic N) is 2. The molecule has 2 amide bonds. The molecule has 0 spiro atoms. The number of aliphatic hydroxyl groups is 1. The van der Waals surface area contributed by atoms with Crippen molar-refractivity contribution in [3.63, 3.8) is 0 Å². The molecule has 2 aliphatic heterocycles. The molecule has 2 aromatic rings. The van der Waals surface area contributed by atoms with Gasteiger partial charge in [-0.05, 0) is 36.8 Å². The van der Waals surface area contributed by atoms with Crippen LogP contribution in [0.1, 0.15) is 18.6 Å². The Morgan fingerprint density at radius 2 is 2.07 bits per heavy atom. The zero-order valence-electron chi connectivity index (χ0n) is 16.2. The van der Waals surface area contributed by atoms with Crippen molar-refractivity contribution < 1.29 is 24.5 Å². The van der Waals surface area contributed by atoms with Crippen LogP contribution in [0.15, 0.2) is 54.7 Å². The first kappa shape index (κ1) is 19.9. The van der Waals surface area contributed by atoms with Crippen molar-refractivity contribution >= 4 is 17.6 Å². The average Bonchev–Trinajstić information content (AvgIpc) is 3.04. The molecule has 9 nitrogen and oxygen atoms in total. The number of phenolic OH excluding ortho intramolecular Hbond substituents is 1. The molecule has 30 heavy (non-hydrogen) atoms. The average molecular weight is 410 g/mol. The number of nitrogens with one attached hydrogen (secondary N) is 2. The predicted octanol–water partition coefficient (Wildman–Crippen LogP) is 1.13. The number of aromatic hydroxyl groups is 1. The first-order chi connectivity index (χ1) is 14.5. The lowest BCUT2D eigenvalue weighted by Gasteiger charge is -2.40. The summed E-state index contributed by atoms with van der Waals surface area (Å²) in [4.78, 5) is 28.9. The van der Waals surface area contributed by atoms with Crippen molar-refractivity contribution in [3.8, 4) is 11.5 Å². The van der Waals surface area contributed by atoms with Crippen LogP contribution in [0.2, 0.25) is 0 Å². The number of aliphatic hydroxyl groups excluding tert-OH is 1. The highest BCUT2D eigenvalue weighted by Gasteiger charge is 2.49. The molecule has 1 fully saturated rings. The number of phenols is 1. The molecule has 1 aromatic heterocycles. The number of amides is 2.